The van der Waals surface area contributed by atoms with Gasteiger partial charge in [0.15, 0.2) is 5.65 Å². The second-order valence-corrected chi connectivity index (χ2v) is 5.15. The Kier molecular flexibility index (Phi) is 2.49. The van der Waals surface area contributed by atoms with Crippen LogP contribution in [0.2, 0.25) is 0 Å². The van der Waals surface area contributed by atoms with Crippen molar-refractivity contribution >= 4 is 11.2 Å². The van der Waals surface area contributed by atoms with Crippen molar-refractivity contribution in [2.45, 2.75) is 18.8 Å². The van der Waals surface area contributed by atoms with Crippen molar-refractivity contribution in [2.24, 2.45) is 0 Å². The smallest absolute Gasteiger partial charge is 0.178 e. The number of pyridine rings is 1. The highest BCUT2D eigenvalue weighted by Crippen LogP contribution is 2.40. The molecule has 1 saturated carbocycles. The molecule has 4 rings (SSSR count). The Morgan fingerprint density at radius 1 is 1.00 bits per heavy atom. The van der Waals surface area contributed by atoms with Crippen LogP contribution in [-0.4, -0.2) is 15.0 Å². The predicted molar refractivity (Wildman–Crippen MR) is 74.7 cm³/mol. The second-order valence-electron chi connectivity index (χ2n) is 5.15. The van der Waals surface area contributed by atoms with Gasteiger partial charge in [0.25, 0.3) is 0 Å². The van der Waals surface area contributed by atoms with E-state index in [0.717, 1.165) is 16.8 Å². The van der Waals surface area contributed by atoms with E-state index in [2.05, 4.69) is 21.0 Å². The molecule has 1 aliphatic rings. The van der Waals surface area contributed by atoms with Gasteiger partial charge < -0.3 is 0 Å². The summed E-state index contributed by atoms with van der Waals surface area (Å²) in [4.78, 5) is 13.3. The van der Waals surface area contributed by atoms with Crippen molar-refractivity contribution in [3.8, 4) is 11.3 Å². The van der Waals surface area contributed by atoms with E-state index in [0.29, 0.717) is 11.6 Å². The number of benzene rings is 1. The highest BCUT2D eigenvalue weighted by atomic mass is 19.1. The Morgan fingerprint density at radius 2 is 1.75 bits per heavy atom. The normalized spacial score (nSPS) is 14.7. The van der Waals surface area contributed by atoms with Gasteiger partial charge in [-0.25, -0.2) is 19.3 Å². The summed E-state index contributed by atoms with van der Waals surface area (Å²) in [6, 6.07) is 8.35. The Labute approximate surface area is 115 Å². The van der Waals surface area contributed by atoms with Gasteiger partial charge in [-0.15, -0.1) is 0 Å². The maximum Gasteiger partial charge on any atom is 0.178 e. The van der Waals surface area contributed by atoms with Gasteiger partial charge in [-0.05, 0) is 54.7 Å². The first-order valence-electron chi connectivity index (χ1n) is 6.68. The lowest BCUT2D eigenvalue weighted by atomic mass is 10.1. The average molecular weight is 265 g/mol. The standard InChI is InChI=1S/C16H12FN3/c17-13-5-3-11(4-6-13)15-9-19-16-14(20-15)7-12(8-18-16)10-1-2-10/h3-10H,1-2H2. The van der Waals surface area contributed by atoms with E-state index < -0.39 is 0 Å². The van der Waals surface area contributed by atoms with Crippen molar-refractivity contribution in [1.82, 2.24) is 15.0 Å². The maximum absolute atomic E-state index is 13.0. The summed E-state index contributed by atoms with van der Waals surface area (Å²) in [6.07, 6.45) is 6.04. The van der Waals surface area contributed by atoms with Gasteiger partial charge >= 0.3 is 0 Å². The summed E-state index contributed by atoms with van der Waals surface area (Å²) in [5, 5.41) is 0. The topological polar surface area (TPSA) is 38.7 Å². The highest BCUT2D eigenvalue weighted by Gasteiger charge is 2.24. The van der Waals surface area contributed by atoms with Crippen LogP contribution in [0, 0.1) is 5.82 Å². The van der Waals surface area contributed by atoms with Crippen molar-refractivity contribution in [3.63, 3.8) is 0 Å². The molecule has 1 aromatic carbocycles. The summed E-state index contributed by atoms with van der Waals surface area (Å²) in [6.45, 7) is 0. The van der Waals surface area contributed by atoms with Gasteiger partial charge in [0.1, 0.15) is 11.3 Å². The first-order chi connectivity index (χ1) is 9.79. The quantitative estimate of drug-likeness (QED) is 0.709. The summed E-state index contributed by atoms with van der Waals surface area (Å²) in [5.41, 5.74) is 4.30. The molecule has 0 N–H and O–H groups in total. The number of hydrogen-bond acceptors (Lipinski definition) is 3. The van der Waals surface area contributed by atoms with Gasteiger partial charge in [-0.2, -0.15) is 0 Å². The molecule has 98 valence electrons. The molecule has 4 heteroatoms. The van der Waals surface area contributed by atoms with E-state index in [4.69, 9.17) is 0 Å². The van der Waals surface area contributed by atoms with E-state index in [9.17, 15) is 4.39 Å². The van der Waals surface area contributed by atoms with Crippen LogP contribution < -0.4 is 0 Å². The van der Waals surface area contributed by atoms with Crippen molar-refractivity contribution in [1.29, 1.82) is 0 Å². The SMILES string of the molecule is Fc1ccc(-c2cnc3ncc(C4CC4)cc3n2)cc1. The van der Waals surface area contributed by atoms with Crippen LogP contribution in [-0.2, 0) is 0 Å². The molecule has 0 atom stereocenters. The zero-order valence-corrected chi connectivity index (χ0v) is 10.8. The minimum Gasteiger partial charge on any atom is -0.243 e. The molecule has 20 heavy (non-hydrogen) atoms. The predicted octanol–water partition coefficient (Wildman–Crippen LogP) is 3.71. The molecule has 3 aromatic rings. The van der Waals surface area contributed by atoms with Crippen LogP contribution >= 0.6 is 0 Å². The molecule has 0 saturated heterocycles. The number of halogens is 1. The number of fused-ring (bicyclic) bond motifs is 1. The lowest BCUT2D eigenvalue weighted by Crippen LogP contribution is -1.93. The van der Waals surface area contributed by atoms with Gasteiger partial charge in [0.2, 0.25) is 0 Å². The van der Waals surface area contributed by atoms with Gasteiger partial charge in [0, 0.05) is 11.8 Å². The Hall–Kier alpha value is -2.36. The van der Waals surface area contributed by atoms with Crippen molar-refractivity contribution < 1.29 is 4.39 Å². The molecule has 0 radical (unpaired) electrons. The van der Waals surface area contributed by atoms with E-state index >= 15 is 0 Å². The monoisotopic (exact) mass is 265 g/mol. The highest BCUT2D eigenvalue weighted by molar-refractivity contribution is 5.74. The molecule has 2 aromatic heterocycles. The largest absolute Gasteiger partial charge is 0.243 e. The third-order valence-electron chi connectivity index (χ3n) is 3.61. The molecular weight excluding hydrogens is 253 g/mol. The summed E-state index contributed by atoms with van der Waals surface area (Å²) in [7, 11) is 0. The fourth-order valence-corrected chi connectivity index (χ4v) is 2.32. The van der Waals surface area contributed by atoms with Crippen LogP contribution in [0.4, 0.5) is 4.39 Å². The van der Waals surface area contributed by atoms with E-state index in [-0.39, 0.29) is 5.82 Å². The summed E-state index contributed by atoms with van der Waals surface area (Å²) < 4.78 is 13.0. The van der Waals surface area contributed by atoms with Crippen LogP contribution in [0.25, 0.3) is 22.4 Å². The van der Waals surface area contributed by atoms with Crippen LogP contribution in [0.15, 0.2) is 42.7 Å². The van der Waals surface area contributed by atoms with Crippen LogP contribution in [0.1, 0.15) is 24.3 Å². The third kappa shape index (κ3) is 2.03. The molecule has 2 heterocycles. The maximum atomic E-state index is 13.0. The van der Waals surface area contributed by atoms with E-state index in [1.165, 1.54) is 30.5 Å². The first kappa shape index (κ1) is 11.5. The molecular formula is C16H12FN3. The molecule has 0 amide bonds. The average Bonchev–Trinajstić information content (AvgIpc) is 3.31. The Balaban J connectivity index is 1.82. The zero-order chi connectivity index (χ0) is 13.5. The van der Waals surface area contributed by atoms with E-state index in [1.54, 1.807) is 18.3 Å². The van der Waals surface area contributed by atoms with E-state index in [1.807, 2.05) is 6.20 Å². The molecule has 1 fully saturated rings. The molecule has 0 bridgehead atoms. The summed E-state index contributed by atoms with van der Waals surface area (Å²) in [5.74, 6) is 0.392. The van der Waals surface area contributed by atoms with Crippen molar-refractivity contribution in [3.05, 3.63) is 54.1 Å². The molecule has 0 unspecified atom stereocenters. The first-order valence-corrected chi connectivity index (χ1v) is 6.68. The van der Waals surface area contributed by atoms with Gasteiger partial charge in [-0.3, -0.25) is 0 Å². The molecule has 0 aliphatic heterocycles. The summed E-state index contributed by atoms with van der Waals surface area (Å²) >= 11 is 0. The third-order valence-corrected chi connectivity index (χ3v) is 3.61. The second kappa shape index (κ2) is 4.34. The minimum atomic E-state index is -0.250. The Morgan fingerprint density at radius 3 is 2.50 bits per heavy atom. The van der Waals surface area contributed by atoms with Crippen molar-refractivity contribution in [2.75, 3.05) is 0 Å². The molecule has 1 aliphatic carbocycles. The fourth-order valence-electron chi connectivity index (χ4n) is 2.32. The van der Waals surface area contributed by atoms with Gasteiger partial charge in [0.05, 0.1) is 11.9 Å². The number of aromatic nitrogens is 3. The van der Waals surface area contributed by atoms with Crippen LogP contribution in [0.5, 0.6) is 0 Å². The number of rotatable bonds is 2. The lowest BCUT2D eigenvalue weighted by Gasteiger charge is -2.04. The fraction of sp³-hybridized carbons (Fsp3) is 0.188. The minimum absolute atomic E-state index is 0.250. The number of nitrogens with zero attached hydrogens (tertiary/aromatic N) is 3. The zero-order valence-electron chi connectivity index (χ0n) is 10.8. The molecule has 0 spiro atoms. The lowest BCUT2D eigenvalue weighted by molar-refractivity contribution is 0.628. The van der Waals surface area contributed by atoms with Crippen LogP contribution in [0.3, 0.4) is 0 Å². The van der Waals surface area contributed by atoms with Gasteiger partial charge in [-0.1, -0.05) is 0 Å². The molecule has 3 nitrogen and oxygen atoms in total. The number of hydrogen-bond donors (Lipinski definition) is 0. The Bertz CT molecular complexity index is 779.